The molecule has 0 heterocycles. The molecule has 1 fully saturated rings. The number of hydrogen-bond donors (Lipinski definition) is 0. The van der Waals surface area contributed by atoms with E-state index in [4.69, 9.17) is 0 Å². The van der Waals surface area contributed by atoms with E-state index in [1.807, 2.05) is 15.4 Å². The van der Waals surface area contributed by atoms with Crippen molar-refractivity contribution in [1.82, 2.24) is 0 Å². The van der Waals surface area contributed by atoms with Crippen molar-refractivity contribution in [1.29, 1.82) is 0 Å². The zero-order valence-corrected chi connectivity index (χ0v) is 26.8. The minimum absolute atomic E-state index is 0. The molecule has 3 aliphatic rings. The average Bonchev–Trinajstić information content (AvgIpc) is 3.62. The van der Waals surface area contributed by atoms with Gasteiger partial charge >= 0.3 is 66.0 Å². The maximum absolute atomic E-state index is 3.65. The summed E-state index contributed by atoms with van der Waals surface area (Å²) >= 11 is 1.69. The van der Waals surface area contributed by atoms with Crippen molar-refractivity contribution in [2.24, 2.45) is 0 Å². The topological polar surface area (TPSA) is 0 Å². The molecule has 0 nitrogen and oxygen atoms in total. The van der Waals surface area contributed by atoms with E-state index in [0.29, 0.717) is 0 Å². The number of rotatable bonds is 2. The average molecular weight is 641 g/mol. The third-order valence-electron chi connectivity index (χ3n) is 7.27. The third kappa shape index (κ3) is 8.84. The van der Waals surface area contributed by atoms with Gasteiger partial charge in [-0.05, 0) is 23.1 Å². The second kappa shape index (κ2) is 16.8. The van der Waals surface area contributed by atoms with Crippen LogP contribution in [-0.2, 0) is 30.7 Å². The third-order valence-corrected chi connectivity index (χ3v) is 8.50. The van der Waals surface area contributed by atoms with Crippen molar-refractivity contribution >= 4 is 3.21 Å². The Bertz CT molecular complexity index is 1310. The Kier molecular flexibility index (Phi) is 13.6. The van der Waals surface area contributed by atoms with E-state index in [9.17, 15) is 0 Å². The molecule has 0 amide bonds. The van der Waals surface area contributed by atoms with E-state index in [-0.39, 0.29) is 24.8 Å². The smallest absolute Gasteiger partial charge is 0.0181 e. The van der Waals surface area contributed by atoms with Gasteiger partial charge in [-0.2, -0.15) is 6.08 Å². The molecule has 7 rings (SSSR count). The maximum atomic E-state index is 3.65. The molecule has 0 radical (unpaired) electrons. The van der Waals surface area contributed by atoms with E-state index >= 15 is 0 Å². The number of hydrogen-bond acceptors (Lipinski definition) is 0. The molecule has 0 atom stereocenters. The maximum Gasteiger partial charge on any atom is -0.0181 e. The molecule has 0 spiro atoms. The summed E-state index contributed by atoms with van der Waals surface area (Å²) in [6, 6.07) is 36.0. The van der Waals surface area contributed by atoms with Gasteiger partial charge in [-0.15, -0.1) is 35.7 Å². The number of halogens is 2. The summed E-state index contributed by atoms with van der Waals surface area (Å²) in [6.07, 6.45) is 19.8. The van der Waals surface area contributed by atoms with E-state index in [2.05, 4.69) is 109 Å². The van der Waals surface area contributed by atoms with Gasteiger partial charge < -0.3 is 24.8 Å². The van der Waals surface area contributed by atoms with Crippen molar-refractivity contribution in [2.75, 3.05) is 0 Å². The second-order valence-corrected chi connectivity index (χ2v) is 11.8. The van der Waals surface area contributed by atoms with Crippen LogP contribution in [0.2, 0.25) is 0 Å². The molecule has 40 heavy (non-hydrogen) atoms. The summed E-state index contributed by atoms with van der Waals surface area (Å²) in [5, 5.41) is 0. The van der Waals surface area contributed by atoms with Crippen LogP contribution in [0.3, 0.4) is 0 Å². The Morgan fingerprint density at radius 3 is 1.88 bits per heavy atom. The molecule has 3 heteroatoms. The minimum atomic E-state index is 0. The summed E-state index contributed by atoms with van der Waals surface area (Å²) in [6.45, 7) is 0. The number of allylic oxidation sites excluding steroid dienone is 4. The van der Waals surface area contributed by atoms with Crippen LogP contribution in [0.25, 0.3) is 33.4 Å². The Morgan fingerprint density at radius 1 is 0.625 bits per heavy atom. The first-order valence-corrected chi connectivity index (χ1v) is 15.1. The molecule has 0 aromatic heterocycles. The summed E-state index contributed by atoms with van der Waals surface area (Å²) in [7, 11) is 0. The fourth-order valence-corrected chi connectivity index (χ4v) is 6.08. The van der Waals surface area contributed by atoms with E-state index in [0.717, 1.165) is 12.8 Å². The van der Waals surface area contributed by atoms with Crippen LogP contribution >= 0.6 is 0 Å². The first kappa shape index (κ1) is 32.2. The van der Waals surface area contributed by atoms with Gasteiger partial charge in [0.05, 0.1) is 0 Å². The Hall–Kier alpha value is -2.31. The van der Waals surface area contributed by atoms with E-state index in [1.165, 1.54) is 83.0 Å². The van der Waals surface area contributed by atoms with Gasteiger partial charge in [0.2, 0.25) is 0 Å². The van der Waals surface area contributed by atoms with Crippen LogP contribution in [0.4, 0.5) is 0 Å². The molecule has 0 N–H and O–H groups in total. The molecule has 0 bridgehead atoms. The van der Waals surface area contributed by atoms with Crippen LogP contribution in [-0.4, -0.2) is 3.21 Å². The number of benzene rings is 4. The van der Waals surface area contributed by atoms with Crippen LogP contribution < -0.4 is 24.8 Å². The Labute approximate surface area is 267 Å². The molecule has 3 aliphatic carbocycles. The van der Waals surface area contributed by atoms with Crippen LogP contribution in [0.5, 0.6) is 0 Å². The van der Waals surface area contributed by atoms with Crippen molar-refractivity contribution < 1.29 is 49.0 Å². The molecule has 202 valence electrons. The zero-order valence-electron chi connectivity index (χ0n) is 22.8. The van der Waals surface area contributed by atoms with Crippen molar-refractivity contribution in [3.8, 4) is 33.4 Å². The van der Waals surface area contributed by atoms with Gasteiger partial charge in [-0.1, -0.05) is 95.6 Å². The predicted octanol–water partition coefficient (Wildman–Crippen LogP) is 3.77. The molecule has 0 saturated heterocycles. The first-order chi connectivity index (χ1) is 18.8. The second-order valence-electron chi connectivity index (χ2n) is 10.1. The summed E-state index contributed by atoms with van der Waals surface area (Å²) in [4.78, 5) is 0. The van der Waals surface area contributed by atoms with E-state index in [1.54, 1.807) is 24.2 Å². The molecule has 1 saturated carbocycles. The molecular formula is C37H34Cl2Zr-2. The van der Waals surface area contributed by atoms with Crippen molar-refractivity contribution in [2.45, 2.75) is 51.4 Å². The quantitative estimate of drug-likeness (QED) is 0.204. The Morgan fingerprint density at radius 2 is 1.27 bits per heavy atom. The van der Waals surface area contributed by atoms with Gasteiger partial charge in [0.15, 0.2) is 0 Å². The van der Waals surface area contributed by atoms with Gasteiger partial charge in [-0.25, -0.2) is 12.2 Å². The van der Waals surface area contributed by atoms with Crippen LogP contribution in [0.1, 0.15) is 56.1 Å². The standard InChI is InChI=1S/C25H17.C7H12.C5H5.2ClH.Zr/c1-3-7-18(8-4-1)20-11-13-24-22(15-20)17-23-16-21(12-14-25(23)24)19-9-5-2-6-10-19;1-2-4-6-7-5-3-1;1-2-4-5-3-1;;;/h1-15H,17H2;1-6H2;1-3H,4H2;2*1H;/q-1;;-1;;;+2/p-2. The Balaban J connectivity index is 0.000000244. The van der Waals surface area contributed by atoms with Crippen molar-refractivity contribution in [3.05, 3.63) is 132 Å². The first-order valence-electron chi connectivity index (χ1n) is 13.9. The molecule has 0 aliphatic heterocycles. The number of fused-ring (bicyclic) bond motifs is 3. The largest absolute Gasteiger partial charge is 0.143 e. The summed E-state index contributed by atoms with van der Waals surface area (Å²) in [5.41, 5.74) is 10.4. The fraction of sp³-hybridized carbons (Fsp3) is 0.216. The van der Waals surface area contributed by atoms with Crippen LogP contribution in [0.15, 0.2) is 109 Å². The van der Waals surface area contributed by atoms with Gasteiger partial charge in [0.25, 0.3) is 0 Å². The van der Waals surface area contributed by atoms with Crippen molar-refractivity contribution in [3.63, 3.8) is 0 Å². The predicted molar refractivity (Wildman–Crippen MR) is 159 cm³/mol. The molecule has 4 aromatic rings. The fourth-order valence-electron chi connectivity index (χ4n) is 5.22. The summed E-state index contributed by atoms with van der Waals surface area (Å²) in [5.74, 6) is 0. The normalized spacial score (nSPS) is 14.2. The zero-order chi connectivity index (χ0) is 26.0. The molecule has 4 aromatic carbocycles. The van der Waals surface area contributed by atoms with Crippen LogP contribution in [0, 0.1) is 12.1 Å². The van der Waals surface area contributed by atoms with Gasteiger partial charge in [0, 0.05) is 0 Å². The van der Waals surface area contributed by atoms with Gasteiger partial charge in [-0.3, -0.25) is 6.08 Å². The molecule has 0 unspecified atom stereocenters. The summed E-state index contributed by atoms with van der Waals surface area (Å²) < 4.78 is 1.81. The van der Waals surface area contributed by atoms with E-state index < -0.39 is 0 Å². The monoisotopic (exact) mass is 638 g/mol. The SMILES string of the molecule is [C-]1=CC=CC1.[Cl-].[Cl-].[Zr+2]=[C]1CCCCCC1.[c-]1c(-c2ccccc2)ccc2c1Cc1cc(-c3ccccc3)ccc1-2. The van der Waals surface area contributed by atoms with Gasteiger partial charge in [0.1, 0.15) is 0 Å². The molecular weight excluding hydrogens is 607 g/mol. The minimum Gasteiger partial charge on any atom is -0.143 e.